The molecule has 5 nitrogen and oxygen atoms in total. The highest BCUT2D eigenvalue weighted by molar-refractivity contribution is 6.42. The summed E-state index contributed by atoms with van der Waals surface area (Å²) in [6, 6.07) is 13.4. The van der Waals surface area contributed by atoms with Gasteiger partial charge < -0.3 is 9.32 Å². The average molecular weight is 374 g/mol. The van der Waals surface area contributed by atoms with Crippen LogP contribution < -0.4 is 0 Å². The number of hydrogen-bond acceptors (Lipinski definition) is 4. The molecule has 2 aromatic carbocycles. The second kappa shape index (κ2) is 6.89. The van der Waals surface area contributed by atoms with E-state index in [4.69, 9.17) is 4.42 Å². The summed E-state index contributed by atoms with van der Waals surface area (Å²) < 4.78 is 5.90. The summed E-state index contributed by atoms with van der Waals surface area (Å²) in [6.45, 7) is 1.08. The highest BCUT2D eigenvalue weighted by Gasteiger charge is 2.31. The molecule has 1 aliphatic carbocycles. The molecule has 0 radical (unpaired) electrons. The number of fused-ring (bicyclic) bond motifs is 2. The molecule has 5 rings (SSSR count). The number of nitrogens with zero attached hydrogens (tertiary/aromatic N) is 2. The predicted octanol–water partition coefficient (Wildman–Crippen LogP) is 3.91. The van der Waals surface area contributed by atoms with Crippen molar-refractivity contribution in [2.24, 2.45) is 0 Å². The number of para-hydroxylation sites is 2. The number of carbonyl (C=O) groups excluding carboxylic acids is 2. The first-order valence-electron chi connectivity index (χ1n) is 10.00. The highest BCUT2D eigenvalue weighted by Crippen LogP contribution is 2.29. The van der Waals surface area contributed by atoms with E-state index in [0.29, 0.717) is 24.5 Å². The molecule has 0 spiro atoms. The molecule has 0 saturated carbocycles. The van der Waals surface area contributed by atoms with E-state index in [1.54, 1.807) is 11.0 Å². The number of rotatable bonds is 3. The van der Waals surface area contributed by atoms with Crippen molar-refractivity contribution in [3.63, 3.8) is 0 Å². The number of oxazole rings is 1. The monoisotopic (exact) mass is 374 g/mol. The van der Waals surface area contributed by atoms with E-state index in [9.17, 15) is 9.59 Å². The number of aromatic nitrogens is 1. The number of aryl methyl sites for hydroxylation is 2. The van der Waals surface area contributed by atoms with E-state index < -0.39 is 11.7 Å². The van der Waals surface area contributed by atoms with Crippen molar-refractivity contribution in [1.29, 1.82) is 0 Å². The van der Waals surface area contributed by atoms with Crippen molar-refractivity contribution in [2.45, 2.75) is 38.0 Å². The molecule has 1 saturated heterocycles. The maximum absolute atomic E-state index is 12.9. The molecule has 0 N–H and O–H groups in total. The zero-order valence-electron chi connectivity index (χ0n) is 15.7. The van der Waals surface area contributed by atoms with Gasteiger partial charge in [0.15, 0.2) is 11.5 Å². The van der Waals surface area contributed by atoms with Crippen molar-refractivity contribution in [1.82, 2.24) is 9.88 Å². The molecular weight excluding hydrogens is 352 g/mol. The lowest BCUT2D eigenvalue weighted by Crippen LogP contribution is -2.42. The van der Waals surface area contributed by atoms with E-state index in [0.717, 1.165) is 43.2 Å². The van der Waals surface area contributed by atoms with Crippen molar-refractivity contribution < 1.29 is 14.0 Å². The third-order valence-corrected chi connectivity index (χ3v) is 5.92. The average Bonchev–Trinajstić information content (AvgIpc) is 3.39. The SMILES string of the molecule is O=C(C(=O)N1CCC[C@H](c2nc3ccccc3o2)C1)c1ccc2c(c1)CCC2. The molecule has 142 valence electrons. The second-order valence-corrected chi connectivity index (χ2v) is 7.78. The van der Waals surface area contributed by atoms with Crippen LogP contribution in [-0.4, -0.2) is 34.7 Å². The number of likely N-dealkylation sites (tertiary alicyclic amines) is 1. The fourth-order valence-electron chi connectivity index (χ4n) is 4.41. The summed E-state index contributed by atoms with van der Waals surface area (Å²) in [4.78, 5) is 31.9. The van der Waals surface area contributed by atoms with Crippen LogP contribution in [-0.2, 0) is 17.6 Å². The first-order valence-corrected chi connectivity index (χ1v) is 10.00. The van der Waals surface area contributed by atoms with Crippen LogP contribution in [0.25, 0.3) is 11.1 Å². The molecule has 28 heavy (non-hydrogen) atoms. The van der Waals surface area contributed by atoms with Gasteiger partial charge in [0, 0.05) is 18.7 Å². The largest absolute Gasteiger partial charge is 0.440 e. The van der Waals surface area contributed by atoms with Gasteiger partial charge in [-0.15, -0.1) is 0 Å². The summed E-state index contributed by atoms with van der Waals surface area (Å²) in [5.41, 5.74) is 4.61. The van der Waals surface area contributed by atoms with Crippen molar-refractivity contribution in [2.75, 3.05) is 13.1 Å². The fraction of sp³-hybridized carbons (Fsp3) is 0.348. The van der Waals surface area contributed by atoms with Crippen molar-refractivity contribution in [3.05, 3.63) is 65.0 Å². The Morgan fingerprint density at radius 3 is 2.79 bits per heavy atom. The van der Waals surface area contributed by atoms with Crippen LogP contribution in [0.15, 0.2) is 46.9 Å². The number of carbonyl (C=O) groups is 2. The van der Waals surface area contributed by atoms with Crippen LogP contribution in [0.5, 0.6) is 0 Å². The maximum Gasteiger partial charge on any atom is 0.294 e. The Labute approximate surface area is 163 Å². The Morgan fingerprint density at radius 2 is 1.89 bits per heavy atom. The van der Waals surface area contributed by atoms with Gasteiger partial charge in [-0.25, -0.2) is 4.98 Å². The van der Waals surface area contributed by atoms with Gasteiger partial charge in [0.2, 0.25) is 5.78 Å². The zero-order valence-corrected chi connectivity index (χ0v) is 15.7. The zero-order chi connectivity index (χ0) is 19.1. The minimum absolute atomic E-state index is 0.0259. The second-order valence-electron chi connectivity index (χ2n) is 7.78. The highest BCUT2D eigenvalue weighted by atomic mass is 16.3. The van der Waals surface area contributed by atoms with Crippen molar-refractivity contribution in [3.8, 4) is 0 Å². The standard InChI is InChI=1S/C23H22N2O3/c26-21(17-11-10-15-5-3-6-16(15)13-17)23(27)25-12-4-7-18(14-25)22-24-19-8-1-2-9-20(19)28-22/h1-2,8-11,13,18H,3-7,12,14H2/t18-/m0/s1. The lowest BCUT2D eigenvalue weighted by molar-refractivity contribution is -0.127. The van der Waals surface area contributed by atoms with Gasteiger partial charge in [0.25, 0.3) is 5.91 Å². The number of Topliss-reactive ketones (excluding diaryl/α,β-unsaturated/α-hetero) is 1. The molecule has 1 fully saturated rings. The number of amides is 1. The molecular formula is C23H22N2O3. The van der Waals surface area contributed by atoms with Gasteiger partial charge in [-0.1, -0.05) is 24.3 Å². The van der Waals surface area contributed by atoms with Crippen molar-refractivity contribution >= 4 is 22.8 Å². The number of ketones is 1. The van der Waals surface area contributed by atoms with E-state index in [1.807, 2.05) is 36.4 Å². The van der Waals surface area contributed by atoms with Crippen LogP contribution in [0, 0.1) is 0 Å². The third-order valence-electron chi connectivity index (χ3n) is 5.92. The summed E-state index contributed by atoms with van der Waals surface area (Å²) in [5.74, 6) is -0.145. The predicted molar refractivity (Wildman–Crippen MR) is 105 cm³/mol. The maximum atomic E-state index is 12.9. The van der Waals surface area contributed by atoms with Gasteiger partial charge in [0.05, 0.1) is 5.92 Å². The summed E-state index contributed by atoms with van der Waals surface area (Å²) in [5, 5.41) is 0. The Hall–Kier alpha value is -2.95. The quantitative estimate of drug-likeness (QED) is 0.515. The number of piperidine rings is 1. The summed E-state index contributed by atoms with van der Waals surface area (Å²) >= 11 is 0. The molecule has 1 amide bonds. The van der Waals surface area contributed by atoms with Crippen LogP contribution in [0.3, 0.4) is 0 Å². The minimum atomic E-state index is -0.418. The molecule has 5 heteroatoms. The lowest BCUT2D eigenvalue weighted by Gasteiger charge is -2.30. The topological polar surface area (TPSA) is 63.4 Å². The summed E-state index contributed by atoms with van der Waals surface area (Å²) in [6.07, 6.45) is 4.93. The van der Waals surface area contributed by atoms with Gasteiger partial charge in [-0.2, -0.15) is 0 Å². The smallest absolute Gasteiger partial charge is 0.294 e. The first-order chi connectivity index (χ1) is 13.7. The number of benzene rings is 2. The van der Waals surface area contributed by atoms with Crippen LogP contribution in [0.4, 0.5) is 0 Å². The van der Waals surface area contributed by atoms with Gasteiger partial charge in [-0.05, 0) is 61.4 Å². The van der Waals surface area contributed by atoms with E-state index in [-0.39, 0.29) is 5.92 Å². The third kappa shape index (κ3) is 3.01. The normalized spacial score (nSPS) is 19.0. The van der Waals surface area contributed by atoms with Gasteiger partial charge >= 0.3 is 0 Å². The molecule has 1 aliphatic heterocycles. The molecule has 0 unspecified atom stereocenters. The molecule has 1 atom stereocenters. The Kier molecular flexibility index (Phi) is 4.23. The molecule has 0 bridgehead atoms. The minimum Gasteiger partial charge on any atom is -0.440 e. The van der Waals surface area contributed by atoms with Gasteiger partial charge in [0.1, 0.15) is 5.52 Å². The van der Waals surface area contributed by atoms with Crippen LogP contribution in [0.1, 0.15) is 52.6 Å². The Bertz CT molecular complexity index is 1040. The molecule has 2 aliphatic rings. The molecule has 2 heterocycles. The van der Waals surface area contributed by atoms with E-state index in [1.165, 1.54) is 11.1 Å². The Morgan fingerprint density at radius 1 is 1.04 bits per heavy atom. The lowest BCUT2D eigenvalue weighted by atomic mass is 9.96. The van der Waals surface area contributed by atoms with Crippen LogP contribution in [0.2, 0.25) is 0 Å². The van der Waals surface area contributed by atoms with E-state index in [2.05, 4.69) is 4.98 Å². The van der Waals surface area contributed by atoms with Crippen LogP contribution >= 0.6 is 0 Å². The number of hydrogen-bond donors (Lipinski definition) is 0. The van der Waals surface area contributed by atoms with E-state index >= 15 is 0 Å². The molecule has 3 aromatic rings. The first kappa shape index (κ1) is 17.2. The van der Waals surface area contributed by atoms with Gasteiger partial charge in [-0.3, -0.25) is 9.59 Å². The fourth-order valence-corrected chi connectivity index (χ4v) is 4.41. The molecule has 1 aromatic heterocycles. The summed E-state index contributed by atoms with van der Waals surface area (Å²) in [7, 11) is 0. The Balaban J connectivity index is 1.34.